The molecule has 5 nitrogen and oxygen atoms in total. The van der Waals surface area contributed by atoms with Crippen molar-refractivity contribution in [2.75, 3.05) is 5.73 Å². The first-order chi connectivity index (χ1) is 4.88. The molecule has 0 saturated carbocycles. The Morgan fingerprint density at radius 2 is 2.40 bits per heavy atom. The number of hydrogen-bond acceptors (Lipinski definition) is 4. The summed E-state index contributed by atoms with van der Waals surface area (Å²) in [6.07, 6.45) is 3.25. The normalized spacial score (nSPS) is 10.4. The highest BCUT2D eigenvalue weighted by atomic mass is 15.3. The zero-order valence-corrected chi connectivity index (χ0v) is 5.10. The molecule has 0 aromatic carbocycles. The molecule has 0 fully saturated rings. The van der Waals surface area contributed by atoms with Crippen LogP contribution in [0.2, 0.25) is 0 Å². The van der Waals surface area contributed by atoms with Crippen molar-refractivity contribution in [1.29, 1.82) is 0 Å². The Balaban J connectivity index is 2.95. The molecule has 0 atom stereocenters. The standard InChI is InChI=1S/C5H5N5/c6-5-9-7-3-4-1-2-8-10(4)5/h1-3H,(H2,6,9). The van der Waals surface area contributed by atoms with E-state index in [9.17, 15) is 0 Å². The summed E-state index contributed by atoms with van der Waals surface area (Å²) in [4.78, 5) is 0. The molecular formula is C5H5N5. The molecule has 10 heavy (non-hydrogen) atoms. The third-order valence-corrected chi connectivity index (χ3v) is 1.24. The molecule has 50 valence electrons. The minimum Gasteiger partial charge on any atom is -0.366 e. The summed E-state index contributed by atoms with van der Waals surface area (Å²) in [5, 5.41) is 11.2. The van der Waals surface area contributed by atoms with Gasteiger partial charge in [0.1, 0.15) is 0 Å². The molecule has 0 radical (unpaired) electrons. The van der Waals surface area contributed by atoms with Gasteiger partial charge in [-0.15, -0.1) is 5.10 Å². The zero-order chi connectivity index (χ0) is 6.97. The number of anilines is 1. The van der Waals surface area contributed by atoms with Crippen LogP contribution in [0.25, 0.3) is 5.52 Å². The molecule has 0 unspecified atom stereocenters. The monoisotopic (exact) mass is 135 g/mol. The van der Waals surface area contributed by atoms with Crippen molar-refractivity contribution in [2.45, 2.75) is 0 Å². The van der Waals surface area contributed by atoms with Gasteiger partial charge in [0.15, 0.2) is 0 Å². The SMILES string of the molecule is Nc1nncc2ccnn12. The van der Waals surface area contributed by atoms with Gasteiger partial charge in [0.2, 0.25) is 5.95 Å². The van der Waals surface area contributed by atoms with E-state index in [0.717, 1.165) is 5.52 Å². The number of hydrogen-bond donors (Lipinski definition) is 1. The molecule has 2 heterocycles. The van der Waals surface area contributed by atoms with E-state index < -0.39 is 0 Å². The Morgan fingerprint density at radius 3 is 3.20 bits per heavy atom. The van der Waals surface area contributed by atoms with Gasteiger partial charge >= 0.3 is 0 Å². The molecule has 0 bridgehead atoms. The quantitative estimate of drug-likeness (QED) is 0.538. The van der Waals surface area contributed by atoms with Crippen LogP contribution in [0.3, 0.4) is 0 Å². The summed E-state index contributed by atoms with van der Waals surface area (Å²) in [7, 11) is 0. The molecule has 2 aromatic heterocycles. The number of nitrogen functional groups attached to an aromatic ring is 1. The average molecular weight is 135 g/mol. The van der Waals surface area contributed by atoms with Crippen LogP contribution in [0.4, 0.5) is 5.95 Å². The van der Waals surface area contributed by atoms with Gasteiger partial charge in [0, 0.05) is 0 Å². The summed E-state index contributed by atoms with van der Waals surface area (Å²) in [6.45, 7) is 0. The molecule has 0 aliphatic rings. The lowest BCUT2D eigenvalue weighted by Crippen LogP contribution is -2.02. The molecule has 5 heteroatoms. The first-order valence-electron chi connectivity index (χ1n) is 2.79. The van der Waals surface area contributed by atoms with Crippen molar-refractivity contribution in [1.82, 2.24) is 19.8 Å². The van der Waals surface area contributed by atoms with Crippen LogP contribution in [0.1, 0.15) is 0 Å². The lowest BCUT2D eigenvalue weighted by atomic mass is 10.6. The highest BCUT2D eigenvalue weighted by molar-refractivity contribution is 5.45. The van der Waals surface area contributed by atoms with Crippen LogP contribution >= 0.6 is 0 Å². The Bertz CT molecular complexity index is 352. The maximum Gasteiger partial charge on any atom is 0.241 e. The van der Waals surface area contributed by atoms with Crippen molar-refractivity contribution < 1.29 is 0 Å². The highest BCUT2D eigenvalue weighted by Crippen LogP contribution is 2.00. The maximum atomic E-state index is 5.43. The van der Waals surface area contributed by atoms with Gasteiger partial charge in [0.25, 0.3) is 0 Å². The summed E-state index contributed by atoms with van der Waals surface area (Å²) in [5.41, 5.74) is 6.28. The third-order valence-electron chi connectivity index (χ3n) is 1.24. The molecule has 0 amide bonds. The van der Waals surface area contributed by atoms with Crippen molar-refractivity contribution in [3.63, 3.8) is 0 Å². The van der Waals surface area contributed by atoms with E-state index >= 15 is 0 Å². The van der Waals surface area contributed by atoms with Crippen LogP contribution in [0.15, 0.2) is 18.5 Å². The fourth-order valence-corrected chi connectivity index (χ4v) is 0.792. The second-order valence-corrected chi connectivity index (χ2v) is 1.87. The van der Waals surface area contributed by atoms with Crippen LogP contribution in [0.5, 0.6) is 0 Å². The predicted octanol–water partition coefficient (Wildman–Crippen LogP) is -0.294. The first-order valence-corrected chi connectivity index (χ1v) is 2.79. The van der Waals surface area contributed by atoms with E-state index in [4.69, 9.17) is 5.73 Å². The molecule has 0 saturated heterocycles. The summed E-state index contributed by atoms with van der Waals surface area (Å²) in [6, 6.07) is 1.81. The molecule has 2 aromatic rings. The molecule has 2 rings (SSSR count). The van der Waals surface area contributed by atoms with Gasteiger partial charge < -0.3 is 5.73 Å². The van der Waals surface area contributed by atoms with Crippen LogP contribution in [-0.2, 0) is 0 Å². The Hall–Kier alpha value is -1.65. The van der Waals surface area contributed by atoms with Gasteiger partial charge in [-0.1, -0.05) is 0 Å². The van der Waals surface area contributed by atoms with Crippen molar-refractivity contribution in [2.24, 2.45) is 0 Å². The number of fused-ring (bicyclic) bond motifs is 1. The lowest BCUT2D eigenvalue weighted by molar-refractivity contribution is 0.883. The van der Waals surface area contributed by atoms with E-state index in [2.05, 4.69) is 15.3 Å². The third kappa shape index (κ3) is 0.540. The molecule has 0 spiro atoms. The minimum absolute atomic E-state index is 0.308. The van der Waals surface area contributed by atoms with E-state index in [1.54, 1.807) is 12.4 Å². The average Bonchev–Trinajstić information content (AvgIpc) is 2.36. The van der Waals surface area contributed by atoms with Crippen molar-refractivity contribution >= 4 is 11.5 Å². The van der Waals surface area contributed by atoms with E-state index in [1.165, 1.54) is 4.52 Å². The predicted molar refractivity (Wildman–Crippen MR) is 35.2 cm³/mol. The lowest BCUT2D eigenvalue weighted by Gasteiger charge is -1.92. The highest BCUT2D eigenvalue weighted by Gasteiger charge is 1.95. The van der Waals surface area contributed by atoms with Crippen LogP contribution < -0.4 is 5.73 Å². The van der Waals surface area contributed by atoms with Gasteiger partial charge in [-0.05, 0) is 6.07 Å². The minimum atomic E-state index is 0.308. The van der Waals surface area contributed by atoms with Gasteiger partial charge in [0.05, 0.1) is 17.9 Å². The Labute approximate surface area is 56.5 Å². The number of nitrogens with zero attached hydrogens (tertiary/aromatic N) is 4. The van der Waals surface area contributed by atoms with Crippen LogP contribution in [-0.4, -0.2) is 19.8 Å². The second kappa shape index (κ2) is 1.66. The summed E-state index contributed by atoms with van der Waals surface area (Å²) in [5.74, 6) is 0.308. The number of rotatable bonds is 0. The fraction of sp³-hybridized carbons (Fsp3) is 0. The fourth-order valence-electron chi connectivity index (χ4n) is 0.792. The van der Waals surface area contributed by atoms with E-state index in [0.29, 0.717) is 5.95 Å². The van der Waals surface area contributed by atoms with Crippen molar-refractivity contribution in [3.05, 3.63) is 18.5 Å². The topological polar surface area (TPSA) is 69.1 Å². The van der Waals surface area contributed by atoms with E-state index in [1.807, 2.05) is 6.07 Å². The van der Waals surface area contributed by atoms with Crippen LogP contribution in [0, 0.1) is 0 Å². The Kier molecular flexibility index (Phi) is 0.858. The Morgan fingerprint density at radius 1 is 1.50 bits per heavy atom. The number of nitrogens with two attached hydrogens (primary N) is 1. The van der Waals surface area contributed by atoms with Crippen molar-refractivity contribution in [3.8, 4) is 0 Å². The summed E-state index contributed by atoms with van der Waals surface area (Å²) >= 11 is 0. The van der Waals surface area contributed by atoms with Gasteiger partial charge in [-0.25, -0.2) is 0 Å². The van der Waals surface area contributed by atoms with Gasteiger partial charge in [-0.2, -0.15) is 14.7 Å². The first kappa shape index (κ1) is 5.16. The molecule has 0 aliphatic heterocycles. The summed E-state index contributed by atoms with van der Waals surface area (Å²) < 4.78 is 1.52. The largest absolute Gasteiger partial charge is 0.366 e. The van der Waals surface area contributed by atoms with E-state index in [-0.39, 0.29) is 0 Å². The zero-order valence-electron chi connectivity index (χ0n) is 5.10. The molecule has 0 aliphatic carbocycles. The number of aromatic nitrogens is 4. The second-order valence-electron chi connectivity index (χ2n) is 1.87. The molecular weight excluding hydrogens is 130 g/mol. The van der Waals surface area contributed by atoms with Gasteiger partial charge in [-0.3, -0.25) is 0 Å². The maximum absolute atomic E-state index is 5.43. The molecule has 2 N–H and O–H groups in total. The smallest absolute Gasteiger partial charge is 0.241 e.